The zero-order valence-corrected chi connectivity index (χ0v) is 33.1. The van der Waals surface area contributed by atoms with Gasteiger partial charge in [-0.2, -0.15) is 0 Å². The molecular weight excluding hydrogens is 687 g/mol. The van der Waals surface area contributed by atoms with Gasteiger partial charge in [-0.25, -0.2) is 9.18 Å². The molecule has 4 rings (SSSR count). The molecular formula is C39H63FN4O9. The summed E-state index contributed by atoms with van der Waals surface area (Å²) in [6, 6.07) is 5.33. The molecule has 3 aliphatic rings. The second-order valence-electron chi connectivity index (χ2n) is 16.0. The van der Waals surface area contributed by atoms with Gasteiger partial charge in [-0.1, -0.05) is 32.9 Å². The number of aliphatic hydroxyl groups excluding tert-OH is 1. The van der Waals surface area contributed by atoms with Crippen LogP contribution in [0, 0.1) is 23.6 Å². The molecule has 13 nitrogen and oxygen atoms in total. The highest BCUT2D eigenvalue weighted by molar-refractivity contribution is 6.00. The second kappa shape index (κ2) is 18.3. The number of nitrogens with zero attached hydrogens (tertiary/aromatic N) is 1. The van der Waals surface area contributed by atoms with E-state index in [0.29, 0.717) is 45.3 Å². The van der Waals surface area contributed by atoms with E-state index in [1.807, 2.05) is 39.8 Å². The molecule has 0 radical (unpaired) electrons. The Morgan fingerprint density at radius 2 is 1.77 bits per heavy atom. The van der Waals surface area contributed by atoms with E-state index < -0.39 is 71.5 Å². The second-order valence-corrected chi connectivity index (χ2v) is 16.0. The summed E-state index contributed by atoms with van der Waals surface area (Å²) >= 11 is 0. The van der Waals surface area contributed by atoms with Crippen molar-refractivity contribution in [2.45, 2.75) is 134 Å². The molecule has 3 unspecified atom stereocenters. The van der Waals surface area contributed by atoms with Crippen molar-refractivity contribution in [3.63, 3.8) is 0 Å². The number of likely N-dealkylation sites (N-methyl/N-ethyl adjacent to an activating group) is 1. The molecule has 0 aromatic heterocycles. The average molecular weight is 751 g/mol. The van der Waals surface area contributed by atoms with Gasteiger partial charge in [0.25, 0.3) is 0 Å². The SMILES string of the molecule is CC[C@@H]1OC(=O)C(C)C(=O)[C@H](C)[C@@H](O[C@@H]2O[C@H](CNCCc3ccc(F)cc3)CC(N(C)C)C2O)[C@](C)(OC)C[C@@H](C)CN[C@H](C)[C@H]2NC(=O)O[C@]12C. The number of carbonyl (C=O) groups is 3. The Morgan fingerprint density at radius 1 is 1.09 bits per heavy atom. The number of carbonyl (C=O) groups excluding carboxylic acids is 3. The van der Waals surface area contributed by atoms with Crippen molar-refractivity contribution in [3.8, 4) is 0 Å². The Balaban J connectivity index is 1.60. The molecule has 0 aliphatic carbocycles. The number of ether oxygens (including phenoxy) is 5. The van der Waals surface area contributed by atoms with Crippen molar-refractivity contribution in [2.75, 3.05) is 40.8 Å². The van der Waals surface area contributed by atoms with E-state index in [4.69, 9.17) is 23.7 Å². The van der Waals surface area contributed by atoms with E-state index in [-0.39, 0.29) is 29.9 Å². The molecule has 3 heterocycles. The number of cyclic esters (lactones) is 1. The Hall–Kier alpha value is -2.72. The summed E-state index contributed by atoms with van der Waals surface area (Å²) in [6.07, 6.45) is -2.81. The quantitative estimate of drug-likeness (QED) is 0.158. The van der Waals surface area contributed by atoms with Gasteiger partial charge in [-0.05, 0) is 104 Å². The topological polar surface area (TPSA) is 157 Å². The van der Waals surface area contributed by atoms with E-state index in [2.05, 4.69) is 22.9 Å². The van der Waals surface area contributed by atoms with Crippen LogP contribution >= 0.6 is 0 Å². The average Bonchev–Trinajstić information content (AvgIpc) is 3.44. The standard InChI is InChI=1S/C39H63FN4O9/c1-11-30-39(7)33(43-37(48)53-39)25(5)42-20-22(2)19-38(6,49-10)34(23(3)31(45)24(4)35(47)51-30)52-36-32(46)29(44(8)9)18-28(50-36)21-41-17-16-26-12-14-27(40)15-13-26/h12-15,22-25,28-30,32-34,36,41-42,46H,11,16-21H2,1-10H3,(H,43,48)/t22-,23+,24?,25-,28+,29?,30+,32?,33-,34-,36+,38-,39-/m1/s1. The van der Waals surface area contributed by atoms with Gasteiger partial charge in [0.05, 0.1) is 23.9 Å². The Bertz CT molecular complexity index is 1390. The van der Waals surface area contributed by atoms with E-state index in [1.165, 1.54) is 19.1 Å². The lowest BCUT2D eigenvalue weighted by atomic mass is 9.78. The monoisotopic (exact) mass is 750 g/mol. The number of hydrogen-bond donors (Lipinski definition) is 4. The van der Waals surface area contributed by atoms with Crippen LogP contribution in [0.4, 0.5) is 9.18 Å². The zero-order chi connectivity index (χ0) is 39.2. The number of benzene rings is 1. The lowest BCUT2D eigenvalue weighted by molar-refractivity contribution is -0.297. The summed E-state index contributed by atoms with van der Waals surface area (Å²) in [4.78, 5) is 42.5. The number of rotatable bonds is 10. The molecule has 3 fully saturated rings. The first-order chi connectivity index (χ1) is 24.9. The van der Waals surface area contributed by atoms with E-state index >= 15 is 0 Å². The van der Waals surface area contributed by atoms with Crippen LogP contribution in [-0.4, -0.2) is 129 Å². The smallest absolute Gasteiger partial charge is 0.408 e. The predicted octanol–water partition coefficient (Wildman–Crippen LogP) is 3.20. The number of methoxy groups -OCH3 is 1. The van der Waals surface area contributed by atoms with E-state index in [9.17, 15) is 23.9 Å². The number of aliphatic hydroxyl groups is 1. The molecule has 13 atom stereocenters. The lowest BCUT2D eigenvalue weighted by Gasteiger charge is -2.47. The van der Waals surface area contributed by atoms with Gasteiger partial charge in [-0.3, -0.25) is 9.59 Å². The largest absolute Gasteiger partial charge is 0.458 e. The maximum atomic E-state index is 14.3. The highest BCUT2D eigenvalue weighted by Crippen LogP contribution is 2.37. The first kappa shape index (κ1) is 43.0. The minimum atomic E-state index is -1.18. The third-order valence-electron chi connectivity index (χ3n) is 11.6. The fourth-order valence-electron chi connectivity index (χ4n) is 8.30. The van der Waals surface area contributed by atoms with Crippen molar-refractivity contribution < 1.29 is 47.6 Å². The van der Waals surface area contributed by atoms with Crippen molar-refractivity contribution in [3.05, 3.63) is 35.6 Å². The summed E-state index contributed by atoms with van der Waals surface area (Å²) in [5.74, 6) is -3.49. The summed E-state index contributed by atoms with van der Waals surface area (Å²) in [6.45, 7) is 14.4. The molecule has 1 aromatic carbocycles. The molecule has 0 spiro atoms. The molecule has 300 valence electrons. The minimum absolute atomic E-state index is 0.00716. The normalized spacial score (nSPS) is 39.0. The summed E-state index contributed by atoms with van der Waals surface area (Å²) in [5, 5.41) is 21.5. The van der Waals surface area contributed by atoms with Gasteiger partial charge in [0.15, 0.2) is 17.7 Å². The van der Waals surface area contributed by atoms with Crippen LogP contribution in [-0.2, 0) is 39.7 Å². The van der Waals surface area contributed by atoms with Crippen molar-refractivity contribution >= 4 is 17.8 Å². The number of amides is 1. The van der Waals surface area contributed by atoms with Crippen molar-refractivity contribution in [1.82, 2.24) is 20.9 Å². The summed E-state index contributed by atoms with van der Waals surface area (Å²) < 4.78 is 44.5. The van der Waals surface area contributed by atoms with E-state index in [0.717, 1.165) is 5.56 Å². The molecule has 1 amide bonds. The Labute approximate surface area is 314 Å². The van der Waals surface area contributed by atoms with Crippen molar-refractivity contribution in [2.24, 2.45) is 17.8 Å². The maximum Gasteiger partial charge on any atom is 0.408 e. The third-order valence-corrected chi connectivity index (χ3v) is 11.6. The number of fused-ring (bicyclic) bond motifs is 1. The van der Waals surface area contributed by atoms with Crippen LogP contribution < -0.4 is 16.0 Å². The fraction of sp³-hybridized carbons (Fsp3) is 0.769. The van der Waals surface area contributed by atoms with Crippen LogP contribution in [0.3, 0.4) is 0 Å². The van der Waals surface area contributed by atoms with Gasteiger partial charge in [-0.15, -0.1) is 0 Å². The molecule has 3 saturated heterocycles. The number of esters is 1. The molecule has 4 N–H and O–H groups in total. The molecule has 0 saturated carbocycles. The van der Waals surface area contributed by atoms with Crippen molar-refractivity contribution in [1.29, 1.82) is 0 Å². The van der Waals surface area contributed by atoms with Crippen LogP contribution in [0.15, 0.2) is 24.3 Å². The fourth-order valence-corrected chi connectivity index (χ4v) is 8.30. The van der Waals surface area contributed by atoms with Gasteiger partial charge in [0, 0.05) is 31.7 Å². The number of hydrogen-bond acceptors (Lipinski definition) is 12. The Kier molecular flexibility index (Phi) is 14.8. The first-order valence-electron chi connectivity index (χ1n) is 19.1. The number of nitrogens with one attached hydrogen (secondary N) is 3. The van der Waals surface area contributed by atoms with Gasteiger partial charge in [0.2, 0.25) is 0 Å². The van der Waals surface area contributed by atoms with Gasteiger partial charge in [0.1, 0.15) is 23.9 Å². The first-order valence-corrected chi connectivity index (χ1v) is 19.1. The highest BCUT2D eigenvalue weighted by Gasteiger charge is 2.55. The molecule has 1 aromatic rings. The zero-order valence-electron chi connectivity index (χ0n) is 33.1. The van der Waals surface area contributed by atoms with Crippen LogP contribution in [0.25, 0.3) is 0 Å². The van der Waals surface area contributed by atoms with Crippen LogP contribution in [0.5, 0.6) is 0 Å². The minimum Gasteiger partial charge on any atom is -0.458 e. The van der Waals surface area contributed by atoms with Gasteiger partial charge < -0.3 is 49.6 Å². The highest BCUT2D eigenvalue weighted by atomic mass is 19.1. The lowest BCUT2D eigenvalue weighted by Crippen LogP contribution is -2.60. The Morgan fingerprint density at radius 3 is 2.40 bits per heavy atom. The maximum absolute atomic E-state index is 14.3. The summed E-state index contributed by atoms with van der Waals surface area (Å²) in [5.41, 5.74) is -1.24. The molecule has 14 heteroatoms. The number of alkyl carbamates (subject to hydrolysis) is 1. The number of halogens is 1. The molecule has 3 aliphatic heterocycles. The van der Waals surface area contributed by atoms with Crippen LogP contribution in [0.1, 0.15) is 73.3 Å². The third kappa shape index (κ3) is 10.1. The number of ketones is 1. The van der Waals surface area contributed by atoms with Gasteiger partial charge >= 0.3 is 12.1 Å². The molecule has 0 bridgehead atoms. The number of Topliss-reactive ketones (excluding diaryl/α,β-unsaturated/α-hetero) is 1. The van der Waals surface area contributed by atoms with E-state index in [1.54, 1.807) is 33.1 Å². The predicted molar refractivity (Wildman–Crippen MR) is 197 cm³/mol. The summed E-state index contributed by atoms with van der Waals surface area (Å²) in [7, 11) is 5.35. The van der Waals surface area contributed by atoms with Crippen LogP contribution in [0.2, 0.25) is 0 Å². The molecule has 53 heavy (non-hydrogen) atoms.